The molecule has 0 aliphatic heterocycles. The Labute approximate surface area is 240 Å². The first-order valence-corrected chi connectivity index (χ1v) is 13.0. The van der Waals surface area contributed by atoms with Gasteiger partial charge in [0.05, 0.1) is 6.54 Å². The average molecular weight is 591 g/mol. The number of hydrogen-bond acceptors (Lipinski definition) is 8. The van der Waals surface area contributed by atoms with Crippen LogP contribution in [0.5, 0.6) is 5.75 Å². The number of hydrogen-bond donors (Lipinski definition) is 1. The maximum absolute atomic E-state index is 15.9. The van der Waals surface area contributed by atoms with E-state index in [0.717, 1.165) is 40.3 Å². The lowest BCUT2D eigenvalue weighted by Gasteiger charge is -2.35. The number of nitrogens with zero attached hydrogens (tertiary/aromatic N) is 6. The van der Waals surface area contributed by atoms with Gasteiger partial charge in [0.2, 0.25) is 0 Å². The molecule has 0 aliphatic carbocycles. The van der Waals surface area contributed by atoms with Crippen molar-refractivity contribution in [2.45, 2.75) is 24.7 Å². The summed E-state index contributed by atoms with van der Waals surface area (Å²) in [7, 11) is 0. The summed E-state index contributed by atoms with van der Waals surface area (Å²) in [4.78, 5) is 5.31. The minimum absolute atomic E-state index is 0.304. The van der Waals surface area contributed by atoms with Crippen molar-refractivity contribution in [1.82, 2.24) is 25.2 Å². The lowest BCUT2D eigenvalue weighted by molar-refractivity contribution is -0.207. The number of nitriles is 1. The van der Waals surface area contributed by atoms with Gasteiger partial charge in [-0.25, -0.2) is 13.5 Å². The first-order valence-electron chi connectivity index (χ1n) is 12.1. The minimum Gasteiger partial charge on any atom is -0.488 e. The highest BCUT2D eigenvalue weighted by Crippen LogP contribution is 2.46. The number of aromatic nitrogens is 5. The maximum atomic E-state index is 15.9. The monoisotopic (exact) mass is 590 g/mol. The van der Waals surface area contributed by atoms with Gasteiger partial charge in [0.1, 0.15) is 47.0 Å². The summed E-state index contributed by atoms with van der Waals surface area (Å²) >= 11 is 1.35. The van der Waals surface area contributed by atoms with Crippen molar-refractivity contribution in [3.05, 3.63) is 123 Å². The molecule has 0 bridgehead atoms. The van der Waals surface area contributed by atoms with Crippen LogP contribution in [0.1, 0.15) is 32.1 Å². The smallest absolute Gasteiger partial charge is 0.323 e. The summed E-state index contributed by atoms with van der Waals surface area (Å²) in [6.07, 6.45) is 2.07. The van der Waals surface area contributed by atoms with Crippen molar-refractivity contribution in [1.29, 1.82) is 5.26 Å². The normalized spacial score (nSPS) is 12.6. The van der Waals surface area contributed by atoms with Crippen LogP contribution in [0.4, 0.5) is 17.6 Å². The van der Waals surface area contributed by atoms with E-state index in [2.05, 4.69) is 38.4 Å². The zero-order valence-electron chi connectivity index (χ0n) is 21.4. The minimum atomic E-state index is -4.17. The molecule has 1 atom stereocenters. The Hall–Kier alpha value is -5.11. The number of pyridine rings is 1. The van der Waals surface area contributed by atoms with E-state index in [1.165, 1.54) is 17.4 Å². The number of benzene rings is 2. The topological polar surface area (TPSA) is 110 Å². The molecule has 1 N–H and O–H groups in total. The van der Waals surface area contributed by atoms with Crippen molar-refractivity contribution in [2.24, 2.45) is 0 Å². The Bertz CT molecular complexity index is 1790. The van der Waals surface area contributed by atoms with Crippen LogP contribution in [-0.2, 0) is 24.7 Å². The summed E-state index contributed by atoms with van der Waals surface area (Å²) in [6.45, 7) is -0.634. The third kappa shape index (κ3) is 5.98. The number of thiophene rings is 1. The molecule has 0 saturated carbocycles. The van der Waals surface area contributed by atoms with Gasteiger partial charge in [-0.2, -0.15) is 14.0 Å². The number of aliphatic hydroxyl groups is 1. The fraction of sp³-hybridized carbons (Fsp3) is 0.138. The lowest BCUT2D eigenvalue weighted by atomic mass is 9.84. The van der Waals surface area contributed by atoms with Gasteiger partial charge in [0.15, 0.2) is 5.60 Å². The van der Waals surface area contributed by atoms with E-state index < -0.39 is 41.0 Å². The Morgan fingerprint density at radius 1 is 0.976 bits per heavy atom. The molecule has 5 rings (SSSR count). The quantitative estimate of drug-likeness (QED) is 0.201. The lowest BCUT2D eigenvalue weighted by Crippen LogP contribution is -2.48. The molecule has 1 unspecified atom stereocenters. The zero-order chi connectivity index (χ0) is 29.7. The zero-order valence-corrected chi connectivity index (χ0v) is 22.2. The molecule has 0 amide bonds. The van der Waals surface area contributed by atoms with Crippen molar-refractivity contribution >= 4 is 11.3 Å². The highest BCUT2D eigenvalue weighted by Gasteiger charge is 2.58. The largest absolute Gasteiger partial charge is 0.488 e. The number of rotatable bonds is 8. The van der Waals surface area contributed by atoms with Crippen LogP contribution in [0.3, 0.4) is 0 Å². The molecule has 0 saturated heterocycles. The molecular formula is C29H18F4N6O2S. The van der Waals surface area contributed by atoms with Crippen LogP contribution in [0.25, 0.3) is 0 Å². The Balaban J connectivity index is 1.33. The number of ether oxygens (including phenoxy) is 1. The summed E-state index contributed by atoms with van der Waals surface area (Å²) in [5, 5.41) is 30.4. The van der Waals surface area contributed by atoms with E-state index in [0.29, 0.717) is 34.4 Å². The number of halogens is 4. The number of alkyl halides is 2. The Morgan fingerprint density at radius 2 is 1.74 bits per heavy atom. The highest BCUT2D eigenvalue weighted by molar-refractivity contribution is 7.12. The standard InChI is InChI=1S/C29H18F4N6O2S/c30-21-6-11-25(26(31)13-21)28(40,17-39-18-36-37-38-39)29(32,33)27-12-5-20(15-35-27)2-1-19-3-7-22(8-4-19)41-16-24-10-9-23(14-34)42-24/h3-13,15,18,40H,16-17H2. The van der Waals surface area contributed by atoms with E-state index in [9.17, 15) is 13.9 Å². The van der Waals surface area contributed by atoms with Gasteiger partial charge in [-0.15, -0.1) is 16.4 Å². The molecule has 210 valence electrons. The van der Waals surface area contributed by atoms with Gasteiger partial charge in [-0.3, -0.25) is 4.98 Å². The van der Waals surface area contributed by atoms with Crippen LogP contribution >= 0.6 is 11.3 Å². The highest BCUT2D eigenvalue weighted by atomic mass is 32.1. The summed E-state index contributed by atoms with van der Waals surface area (Å²) in [5.74, 6) is -0.205. The Kier molecular flexibility index (Phi) is 7.97. The van der Waals surface area contributed by atoms with E-state index in [1.54, 1.807) is 30.3 Å². The number of tetrazole rings is 1. The maximum Gasteiger partial charge on any atom is 0.323 e. The second-order valence-corrected chi connectivity index (χ2v) is 10.1. The molecule has 0 aliphatic rings. The Morgan fingerprint density at radius 3 is 2.38 bits per heavy atom. The SMILES string of the molecule is N#Cc1ccc(COc2ccc(C#Cc3ccc(C(F)(F)C(O)(Cn4cnnn4)c4ccc(F)cc4F)nc3)cc2)s1. The van der Waals surface area contributed by atoms with Gasteiger partial charge in [0.25, 0.3) is 0 Å². The summed E-state index contributed by atoms with van der Waals surface area (Å²) < 4.78 is 66.4. The molecule has 5 aromatic rings. The van der Waals surface area contributed by atoms with Crippen LogP contribution < -0.4 is 4.74 Å². The molecule has 0 spiro atoms. The van der Waals surface area contributed by atoms with Crippen molar-refractivity contribution < 1.29 is 27.4 Å². The third-order valence-electron chi connectivity index (χ3n) is 6.12. The van der Waals surface area contributed by atoms with E-state index >= 15 is 8.78 Å². The molecule has 0 radical (unpaired) electrons. The fourth-order valence-electron chi connectivity index (χ4n) is 3.98. The van der Waals surface area contributed by atoms with Gasteiger partial charge in [-0.05, 0) is 71.1 Å². The molecule has 3 heterocycles. The van der Waals surface area contributed by atoms with Crippen molar-refractivity contribution in [2.75, 3.05) is 0 Å². The molecule has 0 fully saturated rings. The van der Waals surface area contributed by atoms with E-state index in [4.69, 9.17) is 10.00 Å². The van der Waals surface area contributed by atoms with Crippen molar-refractivity contribution in [3.8, 4) is 23.7 Å². The predicted octanol–water partition coefficient (Wildman–Crippen LogP) is 4.94. The third-order valence-corrected chi connectivity index (χ3v) is 7.09. The van der Waals surface area contributed by atoms with Crippen molar-refractivity contribution in [3.63, 3.8) is 0 Å². The van der Waals surface area contributed by atoms with Gasteiger partial charge < -0.3 is 9.84 Å². The van der Waals surface area contributed by atoms with Crippen LogP contribution in [-0.4, -0.2) is 30.3 Å². The molecular weight excluding hydrogens is 572 g/mol. The first kappa shape index (κ1) is 28.4. The summed E-state index contributed by atoms with van der Waals surface area (Å²) in [6, 6.07) is 16.7. The van der Waals surface area contributed by atoms with Crippen LogP contribution in [0.2, 0.25) is 0 Å². The summed E-state index contributed by atoms with van der Waals surface area (Å²) in [5.41, 5.74) is -4.03. The average Bonchev–Trinajstić information content (AvgIpc) is 3.67. The van der Waals surface area contributed by atoms with E-state index in [-0.39, 0.29) is 0 Å². The van der Waals surface area contributed by atoms with Gasteiger partial charge in [0, 0.05) is 33.8 Å². The van der Waals surface area contributed by atoms with Crippen LogP contribution in [0.15, 0.2) is 79.3 Å². The molecule has 2 aromatic carbocycles. The predicted molar refractivity (Wildman–Crippen MR) is 142 cm³/mol. The molecule has 3 aromatic heterocycles. The van der Waals surface area contributed by atoms with Gasteiger partial charge >= 0.3 is 5.92 Å². The first-order chi connectivity index (χ1) is 20.2. The van der Waals surface area contributed by atoms with Gasteiger partial charge in [-0.1, -0.05) is 11.8 Å². The second-order valence-electron chi connectivity index (χ2n) is 8.94. The second kappa shape index (κ2) is 11.8. The fourth-order valence-corrected chi connectivity index (χ4v) is 4.70. The van der Waals surface area contributed by atoms with E-state index in [1.807, 2.05) is 6.07 Å². The van der Waals surface area contributed by atoms with Crippen LogP contribution in [0, 0.1) is 34.8 Å². The molecule has 8 nitrogen and oxygen atoms in total. The molecule has 13 heteroatoms. The molecule has 42 heavy (non-hydrogen) atoms.